The minimum atomic E-state index is -0.175. The first-order chi connectivity index (χ1) is 9.49. The summed E-state index contributed by atoms with van der Waals surface area (Å²) in [5.41, 5.74) is 0. The van der Waals surface area contributed by atoms with Crippen molar-refractivity contribution >= 4 is 18.0 Å². The summed E-state index contributed by atoms with van der Waals surface area (Å²) in [6, 6.07) is 0. The first-order valence-electron chi connectivity index (χ1n) is 7.68. The molecule has 114 valence electrons. The van der Waals surface area contributed by atoms with Crippen molar-refractivity contribution in [1.29, 1.82) is 0 Å². The van der Waals surface area contributed by atoms with Gasteiger partial charge >= 0.3 is 0 Å². The van der Waals surface area contributed by atoms with Crippen molar-refractivity contribution in [2.75, 3.05) is 13.6 Å². The standard InChI is InChI=1S/C16H27NO3/c1-4-14(9-10-18)16(20)17(3)11-13-5-7-15(8-6-13)12(2)19/h10,13-15H,4-9,11H2,1-3H3. The number of amides is 1. The molecule has 4 heteroatoms. The molecule has 1 fully saturated rings. The number of hydrogen-bond donors (Lipinski definition) is 0. The molecule has 0 radical (unpaired) electrons. The van der Waals surface area contributed by atoms with E-state index in [4.69, 9.17) is 0 Å². The van der Waals surface area contributed by atoms with Gasteiger partial charge in [-0.25, -0.2) is 0 Å². The molecule has 0 aromatic rings. The van der Waals surface area contributed by atoms with Crippen LogP contribution in [0.15, 0.2) is 0 Å². The quantitative estimate of drug-likeness (QED) is 0.674. The zero-order valence-corrected chi connectivity index (χ0v) is 12.9. The maximum absolute atomic E-state index is 12.2. The van der Waals surface area contributed by atoms with Crippen molar-refractivity contribution in [3.63, 3.8) is 0 Å². The molecule has 0 aliphatic heterocycles. The van der Waals surface area contributed by atoms with E-state index in [-0.39, 0.29) is 17.7 Å². The average molecular weight is 281 g/mol. The largest absolute Gasteiger partial charge is 0.345 e. The number of ketones is 1. The van der Waals surface area contributed by atoms with Crippen molar-refractivity contribution in [2.24, 2.45) is 17.8 Å². The highest BCUT2D eigenvalue weighted by Crippen LogP contribution is 2.30. The minimum Gasteiger partial charge on any atom is -0.345 e. The van der Waals surface area contributed by atoms with E-state index in [1.807, 2.05) is 14.0 Å². The highest BCUT2D eigenvalue weighted by molar-refractivity contribution is 5.80. The van der Waals surface area contributed by atoms with E-state index in [9.17, 15) is 14.4 Å². The second-order valence-corrected chi connectivity index (χ2v) is 6.05. The van der Waals surface area contributed by atoms with E-state index in [0.29, 0.717) is 24.5 Å². The number of aldehydes is 1. The highest BCUT2D eigenvalue weighted by atomic mass is 16.2. The molecule has 1 unspecified atom stereocenters. The number of Topliss-reactive ketones (excluding diaryl/α,β-unsaturated/α-hetero) is 1. The molecular formula is C16H27NO3. The van der Waals surface area contributed by atoms with Crippen LogP contribution in [0.1, 0.15) is 52.4 Å². The van der Waals surface area contributed by atoms with Crippen LogP contribution < -0.4 is 0 Å². The fourth-order valence-corrected chi connectivity index (χ4v) is 3.10. The van der Waals surface area contributed by atoms with Crippen molar-refractivity contribution < 1.29 is 14.4 Å². The van der Waals surface area contributed by atoms with Crippen LogP contribution in [0.2, 0.25) is 0 Å². The van der Waals surface area contributed by atoms with Gasteiger partial charge in [-0.2, -0.15) is 0 Å². The van der Waals surface area contributed by atoms with Gasteiger partial charge in [-0.15, -0.1) is 0 Å². The Hall–Kier alpha value is -1.19. The van der Waals surface area contributed by atoms with E-state index in [1.54, 1.807) is 11.8 Å². The number of carbonyl (C=O) groups is 3. The molecule has 1 saturated carbocycles. The van der Waals surface area contributed by atoms with Crippen LogP contribution >= 0.6 is 0 Å². The van der Waals surface area contributed by atoms with E-state index in [1.165, 1.54) is 0 Å². The third kappa shape index (κ3) is 4.73. The first-order valence-corrected chi connectivity index (χ1v) is 7.68. The van der Waals surface area contributed by atoms with Gasteiger partial charge in [0.15, 0.2) is 0 Å². The average Bonchev–Trinajstić information content (AvgIpc) is 2.44. The summed E-state index contributed by atoms with van der Waals surface area (Å²) in [5, 5.41) is 0. The Morgan fingerprint density at radius 2 is 1.85 bits per heavy atom. The van der Waals surface area contributed by atoms with Gasteiger partial charge in [-0.1, -0.05) is 6.92 Å². The lowest BCUT2D eigenvalue weighted by atomic mass is 9.80. The molecule has 0 bridgehead atoms. The molecule has 1 aliphatic rings. The monoisotopic (exact) mass is 281 g/mol. The topological polar surface area (TPSA) is 54.5 Å². The van der Waals surface area contributed by atoms with Crippen LogP contribution in [0, 0.1) is 17.8 Å². The van der Waals surface area contributed by atoms with Crippen LogP contribution in [-0.4, -0.2) is 36.5 Å². The van der Waals surface area contributed by atoms with Gasteiger partial charge in [-0.3, -0.25) is 9.59 Å². The number of hydrogen-bond acceptors (Lipinski definition) is 3. The molecule has 0 N–H and O–H groups in total. The number of rotatable bonds is 7. The molecule has 0 aromatic heterocycles. The second kappa shape index (κ2) is 8.18. The highest BCUT2D eigenvalue weighted by Gasteiger charge is 2.27. The second-order valence-electron chi connectivity index (χ2n) is 6.05. The fourth-order valence-electron chi connectivity index (χ4n) is 3.10. The third-order valence-electron chi connectivity index (χ3n) is 4.55. The van der Waals surface area contributed by atoms with Gasteiger partial charge in [0.1, 0.15) is 12.1 Å². The molecule has 0 spiro atoms. The normalized spacial score (nSPS) is 23.9. The number of carbonyl (C=O) groups excluding carboxylic acids is 3. The summed E-state index contributed by atoms with van der Waals surface area (Å²) in [6.07, 6.45) is 5.80. The number of nitrogens with zero attached hydrogens (tertiary/aromatic N) is 1. The lowest BCUT2D eigenvalue weighted by Gasteiger charge is -2.31. The summed E-state index contributed by atoms with van der Waals surface area (Å²) in [5.74, 6) is 0.920. The van der Waals surface area contributed by atoms with E-state index >= 15 is 0 Å². The minimum absolute atomic E-state index is 0.0771. The fraction of sp³-hybridized carbons (Fsp3) is 0.812. The van der Waals surface area contributed by atoms with Crippen LogP contribution in [-0.2, 0) is 14.4 Å². The Kier molecular flexibility index (Phi) is 6.89. The molecule has 1 atom stereocenters. The molecule has 1 amide bonds. The van der Waals surface area contributed by atoms with Crippen LogP contribution in [0.3, 0.4) is 0 Å². The van der Waals surface area contributed by atoms with E-state index in [2.05, 4.69) is 0 Å². The molecule has 0 saturated heterocycles. The van der Waals surface area contributed by atoms with Gasteiger partial charge in [0, 0.05) is 31.8 Å². The Labute approximate surface area is 121 Å². The Morgan fingerprint density at radius 3 is 2.30 bits per heavy atom. The van der Waals surface area contributed by atoms with Crippen LogP contribution in [0.4, 0.5) is 0 Å². The predicted molar refractivity (Wildman–Crippen MR) is 78.2 cm³/mol. The van der Waals surface area contributed by atoms with Gasteiger partial charge in [0.05, 0.1) is 0 Å². The van der Waals surface area contributed by atoms with Gasteiger partial charge in [-0.05, 0) is 44.9 Å². The SMILES string of the molecule is CCC(CC=O)C(=O)N(C)CC1CCC(C(C)=O)CC1. The predicted octanol–water partition coefficient (Wildman–Crippen LogP) is 2.46. The van der Waals surface area contributed by atoms with Crippen molar-refractivity contribution in [3.8, 4) is 0 Å². The zero-order valence-electron chi connectivity index (χ0n) is 12.9. The van der Waals surface area contributed by atoms with E-state index in [0.717, 1.165) is 38.5 Å². The third-order valence-corrected chi connectivity index (χ3v) is 4.55. The lowest BCUT2D eigenvalue weighted by Crippen LogP contribution is -2.37. The summed E-state index contributed by atoms with van der Waals surface area (Å²) in [7, 11) is 1.83. The maximum atomic E-state index is 12.2. The van der Waals surface area contributed by atoms with Crippen molar-refractivity contribution in [3.05, 3.63) is 0 Å². The van der Waals surface area contributed by atoms with Gasteiger partial charge < -0.3 is 9.69 Å². The Morgan fingerprint density at radius 1 is 1.25 bits per heavy atom. The van der Waals surface area contributed by atoms with Crippen LogP contribution in [0.25, 0.3) is 0 Å². The molecular weight excluding hydrogens is 254 g/mol. The molecule has 0 heterocycles. The van der Waals surface area contributed by atoms with Crippen molar-refractivity contribution in [2.45, 2.75) is 52.4 Å². The summed E-state index contributed by atoms with van der Waals surface area (Å²) >= 11 is 0. The zero-order chi connectivity index (χ0) is 15.1. The molecule has 4 nitrogen and oxygen atoms in total. The summed E-state index contributed by atoms with van der Waals surface area (Å²) in [4.78, 5) is 35.9. The molecule has 1 aliphatic carbocycles. The van der Waals surface area contributed by atoms with Crippen molar-refractivity contribution in [1.82, 2.24) is 4.90 Å². The molecule has 0 aromatic carbocycles. The van der Waals surface area contributed by atoms with Gasteiger partial charge in [0.2, 0.25) is 5.91 Å². The Bertz CT molecular complexity index is 346. The lowest BCUT2D eigenvalue weighted by molar-refractivity contribution is -0.136. The van der Waals surface area contributed by atoms with Crippen LogP contribution in [0.5, 0.6) is 0 Å². The summed E-state index contributed by atoms with van der Waals surface area (Å²) in [6.45, 7) is 4.36. The molecule has 20 heavy (non-hydrogen) atoms. The maximum Gasteiger partial charge on any atom is 0.225 e. The smallest absolute Gasteiger partial charge is 0.225 e. The Balaban J connectivity index is 2.42. The van der Waals surface area contributed by atoms with E-state index < -0.39 is 0 Å². The molecule has 1 rings (SSSR count). The summed E-state index contributed by atoms with van der Waals surface area (Å²) < 4.78 is 0. The first kappa shape index (κ1) is 16.9. The van der Waals surface area contributed by atoms with Gasteiger partial charge in [0.25, 0.3) is 0 Å².